The summed E-state index contributed by atoms with van der Waals surface area (Å²) in [6.07, 6.45) is 1.53. The van der Waals surface area contributed by atoms with Gasteiger partial charge in [0.1, 0.15) is 24.2 Å². The third-order valence-electron chi connectivity index (χ3n) is 5.17. The molecule has 4 rings (SSSR count). The number of benzene rings is 2. The molecule has 28 heavy (non-hydrogen) atoms. The van der Waals surface area contributed by atoms with E-state index in [0.29, 0.717) is 23.1 Å². The predicted molar refractivity (Wildman–Crippen MR) is 115 cm³/mol. The van der Waals surface area contributed by atoms with Gasteiger partial charge in [-0.15, -0.1) is 0 Å². The van der Waals surface area contributed by atoms with Gasteiger partial charge in [0.05, 0.1) is 10.9 Å². The van der Waals surface area contributed by atoms with Crippen molar-refractivity contribution in [3.8, 4) is 16.9 Å². The Balaban J connectivity index is 1.46. The molecule has 0 bridgehead atoms. The van der Waals surface area contributed by atoms with Gasteiger partial charge >= 0.3 is 0 Å². The van der Waals surface area contributed by atoms with E-state index in [1.54, 1.807) is 12.1 Å². The van der Waals surface area contributed by atoms with Gasteiger partial charge in [-0.1, -0.05) is 28.1 Å². The van der Waals surface area contributed by atoms with Crippen LogP contribution in [0.1, 0.15) is 0 Å². The minimum atomic E-state index is -0.0347. The van der Waals surface area contributed by atoms with Crippen LogP contribution in [0.3, 0.4) is 0 Å². The molecule has 0 N–H and O–H groups in total. The number of hydrogen-bond acceptors (Lipinski definition) is 5. The summed E-state index contributed by atoms with van der Waals surface area (Å²) >= 11 is 3.41. The first-order chi connectivity index (χ1) is 13.6. The van der Waals surface area contributed by atoms with Crippen LogP contribution in [0.25, 0.3) is 22.1 Å². The van der Waals surface area contributed by atoms with Crippen molar-refractivity contribution in [2.75, 3.05) is 46.4 Å². The molecule has 1 aromatic heterocycles. The van der Waals surface area contributed by atoms with E-state index in [9.17, 15) is 4.79 Å². The SMILES string of the molecule is CN1CCN(CCOc2ccc3c(=O)c(-c4ccc(Br)cc4)coc3c2)CC1. The van der Waals surface area contributed by atoms with Crippen LogP contribution in [0.2, 0.25) is 0 Å². The number of fused-ring (bicyclic) bond motifs is 1. The Hall–Kier alpha value is -2.15. The van der Waals surface area contributed by atoms with E-state index in [2.05, 4.69) is 32.8 Å². The molecule has 1 aliphatic rings. The lowest BCUT2D eigenvalue weighted by Crippen LogP contribution is -2.45. The Bertz CT molecular complexity index is 1010. The smallest absolute Gasteiger partial charge is 0.200 e. The molecular formula is C22H23BrN2O3. The molecule has 3 aromatic rings. The van der Waals surface area contributed by atoms with E-state index in [-0.39, 0.29) is 5.43 Å². The van der Waals surface area contributed by atoms with Gasteiger partial charge in [-0.3, -0.25) is 9.69 Å². The van der Waals surface area contributed by atoms with Crippen molar-refractivity contribution in [1.29, 1.82) is 0 Å². The Labute approximate surface area is 172 Å². The third-order valence-corrected chi connectivity index (χ3v) is 5.70. The predicted octanol–water partition coefficient (Wildman–Crippen LogP) is 3.85. The number of likely N-dealkylation sites (N-methyl/N-ethyl adjacent to an activating group) is 1. The highest BCUT2D eigenvalue weighted by Gasteiger charge is 2.14. The van der Waals surface area contributed by atoms with Gasteiger partial charge in [0.25, 0.3) is 0 Å². The summed E-state index contributed by atoms with van der Waals surface area (Å²) in [5.41, 5.74) is 1.91. The highest BCUT2D eigenvalue weighted by molar-refractivity contribution is 9.10. The van der Waals surface area contributed by atoms with E-state index in [1.165, 1.54) is 6.26 Å². The standard InChI is InChI=1S/C22H23BrN2O3/c1-24-8-10-25(11-9-24)12-13-27-18-6-7-19-21(14-18)28-15-20(22(19)26)16-2-4-17(23)5-3-16/h2-7,14-15H,8-13H2,1H3. The maximum atomic E-state index is 12.8. The molecule has 6 heteroatoms. The van der Waals surface area contributed by atoms with Crippen LogP contribution < -0.4 is 10.2 Å². The molecule has 0 atom stereocenters. The summed E-state index contributed by atoms with van der Waals surface area (Å²) in [5.74, 6) is 0.723. The minimum absolute atomic E-state index is 0.0347. The maximum Gasteiger partial charge on any atom is 0.200 e. The summed E-state index contributed by atoms with van der Waals surface area (Å²) in [7, 11) is 2.15. The summed E-state index contributed by atoms with van der Waals surface area (Å²) in [4.78, 5) is 17.6. The Morgan fingerprint density at radius 3 is 2.57 bits per heavy atom. The topological polar surface area (TPSA) is 45.9 Å². The average Bonchev–Trinajstić information content (AvgIpc) is 2.71. The van der Waals surface area contributed by atoms with Gasteiger partial charge in [-0.25, -0.2) is 0 Å². The normalized spacial score (nSPS) is 15.8. The first-order valence-corrected chi connectivity index (χ1v) is 10.2. The lowest BCUT2D eigenvalue weighted by Gasteiger charge is -2.32. The zero-order chi connectivity index (χ0) is 19.5. The molecule has 0 radical (unpaired) electrons. The number of hydrogen-bond donors (Lipinski definition) is 0. The largest absolute Gasteiger partial charge is 0.492 e. The molecule has 0 unspecified atom stereocenters. The number of piperazine rings is 1. The van der Waals surface area contributed by atoms with Crippen LogP contribution in [0.4, 0.5) is 0 Å². The van der Waals surface area contributed by atoms with Gasteiger partial charge in [0.2, 0.25) is 0 Å². The fraction of sp³-hybridized carbons (Fsp3) is 0.318. The van der Waals surface area contributed by atoms with E-state index in [1.807, 2.05) is 30.3 Å². The fourth-order valence-electron chi connectivity index (χ4n) is 3.39. The fourth-order valence-corrected chi connectivity index (χ4v) is 3.66. The lowest BCUT2D eigenvalue weighted by atomic mass is 10.1. The molecule has 1 aliphatic heterocycles. The van der Waals surface area contributed by atoms with Crippen LogP contribution in [-0.2, 0) is 0 Å². The van der Waals surface area contributed by atoms with Crippen LogP contribution >= 0.6 is 15.9 Å². The molecule has 1 fully saturated rings. The van der Waals surface area contributed by atoms with E-state index < -0.39 is 0 Å². The van der Waals surface area contributed by atoms with Gasteiger partial charge in [0.15, 0.2) is 5.43 Å². The second kappa shape index (κ2) is 8.47. The monoisotopic (exact) mass is 442 g/mol. The Morgan fingerprint density at radius 1 is 1.07 bits per heavy atom. The molecule has 0 saturated carbocycles. The average molecular weight is 443 g/mol. The minimum Gasteiger partial charge on any atom is -0.492 e. The zero-order valence-corrected chi connectivity index (χ0v) is 17.4. The van der Waals surface area contributed by atoms with E-state index >= 15 is 0 Å². The zero-order valence-electron chi connectivity index (χ0n) is 15.9. The van der Waals surface area contributed by atoms with Crippen LogP contribution in [0.15, 0.2) is 62.4 Å². The molecule has 2 heterocycles. The second-order valence-electron chi connectivity index (χ2n) is 7.14. The van der Waals surface area contributed by atoms with Crippen molar-refractivity contribution in [2.45, 2.75) is 0 Å². The van der Waals surface area contributed by atoms with Crippen molar-refractivity contribution in [3.05, 3.63) is 63.4 Å². The van der Waals surface area contributed by atoms with Gasteiger partial charge in [0, 0.05) is 43.3 Å². The maximum absolute atomic E-state index is 12.8. The number of halogens is 1. The first-order valence-electron chi connectivity index (χ1n) is 9.45. The Kier molecular flexibility index (Phi) is 5.80. The summed E-state index contributed by atoms with van der Waals surface area (Å²) in [6, 6.07) is 13.1. The first kappa shape index (κ1) is 19.2. The highest BCUT2D eigenvalue weighted by atomic mass is 79.9. The molecule has 146 valence electrons. The van der Waals surface area contributed by atoms with Gasteiger partial charge in [-0.05, 0) is 36.9 Å². The highest BCUT2D eigenvalue weighted by Crippen LogP contribution is 2.24. The van der Waals surface area contributed by atoms with Crippen molar-refractivity contribution in [2.24, 2.45) is 0 Å². The molecule has 0 amide bonds. The number of ether oxygens (including phenoxy) is 1. The molecule has 5 nitrogen and oxygen atoms in total. The van der Waals surface area contributed by atoms with Crippen LogP contribution in [0.5, 0.6) is 5.75 Å². The van der Waals surface area contributed by atoms with Crippen LogP contribution in [-0.4, -0.2) is 56.2 Å². The van der Waals surface area contributed by atoms with E-state index in [0.717, 1.165) is 48.5 Å². The van der Waals surface area contributed by atoms with Crippen LogP contribution in [0, 0.1) is 0 Å². The van der Waals surface area contributed by atoms with E-state index in [4.69, 9.17) is 9.15 Å². The summed E-state index contributed by atoms with van der Waals surface area (Å²) in [5, 5.41) is 0.562. The van der Waals surface area contributed by atoms with Gasteiger partial charge < -0.3 is 14.1 Å². The molecule has 2 aromatic carbocycles. The quantitative estimate of drug-likeness (QED) is 0.600. The number of nitrogens with zero attached hydrogens (tertiary/aromatic N) is 2. The third kappa shape index (κ3) is 4.29. The van der Waals surface area contributed by atoms with Crippen molar-refractivity contribution in [3.63, 3.8) is 0 Å². The second-order valence-corrected chi connectivity index (χ2v) is 8.05. The summed E-state index contributed by atoms with van der Waals surface area (Å²) in [6.45, 7) is 5.87. The number of rotatable bonds is 5. The van der Waals surface area contributed by atoms with Gasteiger partial charge in [-0.2, -0.15) is 0 Å². The molecule has 0 aliphatic carbocycles. The summed E-state index contributed by atoms with van der Waals surface area (Å²) < 4.78 is 12.6. The lowest BCUT2D eigenvalue weighted by molar-refractivity contribution is 0.134. The van der Waals surface area contributed by atoms with Crippen molar-refractivity contribution >= 4 is 26.9 Å². The molecule has 1 saturated heterocycles. The molecular weight excluding hydrogens is 420 g/mol. The Morgan fingerprint density at radius 2 is 1.82 bits per heavy atom. The molecule has 0 spiro atoms. The van der Waals surface area contributed by atoms with Crippen molar-refractivity contribution in [1.82, 2.24) is 9.80 Å². The van der Waals surface area contributed by atoms with Crippen molar-refractivity contribution < 1.29 is 9.15 Å².